The van der Waals surface area contributed by atoms with Crippen LogP contribution in [0.15, 0.2) is 18.2 Å². The highest BCUT2D eigenvalue weighted by Crippen LogP contribution is 2.39. The molecule has 0 aromatic heterocycles. The van der Waals surface area contributed by atoms with Crippen molar-refractivity contribution < 1.29 is 14.0 Å². The van der Waals surface area contributed by atoms with E-state index in [9.17, 15) is 14.0 Å². The molecule has 2 aliphatic rings. The number of ketones is 1. The Balaban J connectivity index is 1.64. The molecule has 22 heavy (non-hydrogen) atoms. The van der Waals surface area contributed by atoms with Crippen LogP contribution in [0.25, 0.3) is 0 Å². The predicted octanol–water partition coefficient (Wildman–Crippen LogP) is 2.33. The lowest BCUT2D eigenvalue weighted by Crippen LogP contribution is -2.49. The number of hydrogen-bond donors (Lipinski definition) is 0. The van der Waals surface area contributed by atoms with Gasteiger partial charge in [-0.2, -0.15) is 0 Å². The summed E-state index contributed by atoms with van der Waals surface area (Å²) in [5.41, 5.74) is 0.898. The van der Waals surface area contributed by atoms with Gasteiger partial charge in [0.15, 0.2) is 5.78 Å². The zero-order chi connectivity index (χ0) is 15.9. The third-order valence-corrected chi connectivity index (χ3v) is 4.71. The maximum absolute atomic E-state index is 14.2. The minimum Gasteiger partial charge on any atom is -0.366 e. The molecule has 2 atom stereocenters. The molecule has 1 aromatic rings. The van der Waals surface area contributed by atoms with E-state index in [1.165, 1.54) is 13.0 Å². The number of rotatable bonds is 3. The van der Waals surface area contributed by atoms with Crippen LogP contribution in [-0.4, -0.2) is 42.8 Å². The summed E-state index contributed by atoms with van der Waals surface area (Å²) in [6.45, 7) is 6.06. The van der Waals surface area contributed by atoms with Gasteiger partial charge in [-0.3, -0.25) is 9.59 Å². The summed E-state index contributed by atoms with van der Waals surface area (Å²) in [7, 11) is 0. The van der Waals surface area contributed by atoms with Gasteiger partial charge in [-0.1, -0.05) is 6.92 Å². The van der Waals surface area contributed by atoms with Gasteiger partial charge in [-0.15, -0.1) is 0 Å². The van der Waals surface area contributed by atoms with Gasteiger partial charge in [0.2, 0.25) is 5.91 Å². The first-order valence-corrected chi connectivity index (χ1v) is 7.81. The molecule has 3 rings (SSSR count). The molecule has 2 fully saturated rings. The van der Waals surface area contributed by atoms with E-state index in [-0.39, 0.29) is 23.4 Å². The predicted molar refractivity (Wildman–Crippen MR) is 82.5 cm³/mol. The van der Waals surface area contributed by atoms with Gasteiger partial charge in [0.25, 0.3) is 0 Å². The number of amides is 1. The summed E-state index contributed by atoms with van der Waals surface area (Å²) in [6, 6.07) is 4.61. The molecule has 1 aliphatic carbocycles. The molecule has 0 radical (unpaired) electrons. The number of benzene rings is 1. The fraction of sp³-hybridized carbons (Fsp3) is 0.529. The Morgan fingerprint density at radius 1 is 1.18 bits per heavy atom. The highest BCUT2D eigenvalue weighted by Gasteiger charge is 2.42. The van der Waals surface area contributed by atoms with Crippen LogP contribution in [0.3, 0.4) is 0 Å². The minimum atomic E-state index is -0.372. The molecule has 5 heteroatoms. The van der Waals surface area contributed by atoms with Gasteiger partial charge in [0.1, 0.15) is 5.82 Å². The number of carbonyl (C=O) groups excluding carboxylic acids is 2. The van der Waals surface area contributed by atoms with Gasteiger partial charge >= 0.3 is 0 Å². The fourth-order valence-corrected chi connectivity index (χ4v) is 3.05. The fourth-order valence-electron chi connectivity index (χ4n) is 3.05. The van der Waals surface area contributed by atoms with E-state index in [4.69, 9.17) is 0 Å². The highest BCUT2D eigenvalue weighted by molar-refractivity contribution is 5.94. The normalized spacial score (nSPS) is 24.3. The van der Waals surface area contributed by atoms with Crippen LogP contribution in [-0.2, 0) is 4.79 Å². The number of nitrogens with zero attached hydrogens (tertiary/aromatic N) is 2. The maximum atomic E-state index is 14.2. The van der Waals surface area contributed by atoms with Crippen molar-refractivity contribution in [3.63, 3.8) is 0 Å². The van der Waals surface area contributed by atoms with Gasteiger partial charge in [-0.25, -0.2) is 4.39 Å². The molecule has 118 valence electrons. The van der Waals surface area contributed by atoms with Crippen LogP contribution in [0.2, 0.25) is 0 Å². The Kier molecular flexibility index (Phi) is 3.89. The Labute approximate surface area is 129 Å². The average molecular weight is 304 g/mol. The molecule has 2 unspecified atom stereocenters. The van der Waals surface area contributed by atoms with E-state index in [1.807, 2.05) is 9.80 Å². The first kappa shape index (κ1) is 15.0. The van der Waals surface area contributed by atoms with Crippen molar-refractivity contribution in [1.29, 1.82) is 0 Å². The molecule has 0 N–H and O–H groups in total. The number of Topliss-reactive ketones (excluding diaryl/α,β-unsaturated/α-hetero) is 1. The van der Waals surface area contributed by atoms with Crippen molar-refractivity contribution in [2.24, 2.45) is 11.8 Å². The van der Waals surface area contributed by atoms with E-state index < -0.39 is 0 Å². The Bertz CT molecular complexity index is 609. The molecular weight excluding hydrogens is 283 g/mol. The zero-order valence-corrected chi connectivity index (χ0v) is 13.0. The molecule has 1 aliphatic heterocycles. The number of halogens is 1. The number of anilines is 1. The average Bonchev–Trinajstić information content (AvgIpc) is 3.23. The van der Waals surface area contributed by atoms with Crippen molar-refractivity contribution in [2.45, 2.75) is 20.3 Å². The van der Waals surface area contributed by atoms with Gasteiger partial charge < -0.3 is 9.80 Å². The quantitative estimate of drug-likeness (QED) is 0.805. The van der Waals surface area contributed by atoms with E-state index in [0.29, 0.717) is 43.3 Å². The van der Waals surface area contributed by atoms with Crippen LogP contribution in [0, 0.1) is 17.7 Å². The number of hydrogen-bond acceptors (Lipinski definition) is 3. The largest absolute Gasteiger partial charge is 0.366 e. The summed E-state index contributed by atoms with van der Waals surface area (Å²) >= 11 is 0. The first-order valence-electron chi connectivity index (χ1n) is 7.81. The Morgan fingerprint density at radius 2 is 1.82 bits per heavy atom. The van der Waals surface area contributed by atoms with Crippen molar-refractivity contribution in [1.82, 2.24) is 4.90 Å². The minimum absolute atomic E-state index is 0.139. The lowest BCUT2D eigenvalue weighted by atomic mass is 10.1. The molecule has 1 saturated carbocycles. The lowest BCUT2D eigenvalue weighted by Gasteiger charge is -2.36. The monoisotopic (exact) mass is 304 g/mol. The zero-order valence-electron chi connectivity index (χ0n) is 13.0. The molecular formula is C17H21FN2O2. The molecule has 0 spiro atoms. The van der Waals surface area contributed by atoms with Crippen molar-refractivity contribution in [3.05, 3.63) is 29.6 Å². The molecule has 1 heterocycles. The van der Waals surface area contributed by atoms with Gasteiger partial charge in [0.05, 0.1) is 5.69 Å². The van der Waals surface area contributed by atoms with Crippen molar-refractivity contribution in [3.8, 4) is 0 Å². The summed E-state index contributed by atoms with van der Waals surface area (Å²) in [5, 5.41) is 0. The summed E-state index contributed by atoms with van der Waals surface area (Å²) in [4.78, 5) is 27.3. The maximum Gasteiger partial charge on any atom is 0.226 e. The van der Waals surface area contributed by atoms with E-state index in [1.54, 1.807) is 12.1 Å². The molecule has 1 amide bonds. The first-order chi connectivity index (χ1) is 10.5. The van der Waals surface area contributed by atoms with Gasteiger partial charge in [-0.05, 0) is 37.5 Å². The standard InChI is InChI=1S/C17H21FN2O2/c1-11-9-14(11)17(22)20-7-5-19(6-8-20)16-4-3-13(12(2)21)10-15(16)18/h3-4,10-11,14H,5-9H2,1-2H3. The van der Waals surface area contributed by atoms with Crippen LogP contribution in [0.4, 0.5) is 10.1 Å². The second kappa shape index (κ2) is 5.71. The van der Waals surface area contributed by atoms with E-state index >= 15 is 0 Å². The van der Waals surface area contributed by atoms with Crippen LogP contribution in [0.1, 0.15) is 30.6 Å². The molecule has 4 nitrogen and oxygen atoms in total. The third kappa shape index (κ3) is 2.85. The van der Waals surface area contributed by atoms with E-state index in [0.717, 1.165) is 6.42 Å². The second-order valence-electron chi connectivity index (χ2n) is 6.35. The van der Waals surface area contributed by atoms with E-state index in [2.05, 4.69) is 6.92 Å². The molecule has 1 saturated heterocycles. The number of piperazine rings is 1. The summed E-state index contributed by atoms with van der Waals surface area (Å²) in [5.74, 6) is 0.461. The molecule has 0 bridgehead atoms. The SMILES string of the molecule is CC(=O)c1ccc(N2CCN(C(=O)C3CC3C)CC2)c(F)c1. The smallest absolute Gasteiger partial charge is 0.226 e. The Hall–Kier alpha value is -1.91. The Morgan fingerprint density at radius 3 is 2.32 bits per heavy atom. The lowest BCUT2D eigenvalue weighted by molar-refractivity contribution is -0.133. The summed E-state index contributed by atoms with van der Waals surface area (Å²) in [6.07, 6.45) is 1.00. The topological polar surface area (TPSA) is 40.6 Å². The van der Waals surface area contributed by atoms with Crippen LogP contribution in [0.5, 0.6) is 0 Å². The van der Waals surface area contributed by atoms with Gasteiger partial charge in [0, 0.05) is 37.7 Å². The van der Waals surface area contributed by atoms with Crippen molar-refractivity contribution >= 4 is 17.4 Å². The van der Waals surface area contributed by atoms with Crippen molar-refractivity contribution in [2.75, 3.05) is 31.1 Å². The highest BCUT2D eigenvalue weighted by atomic mass is 19.1. The second-order valence-corrected chi connectivity index (χ2v) is 6.35. The summed E-state index contributed by atoms with van der Waals surface area (Å²) < 4.78 is 14.2. The number of carbonyl (C=O) groups is 2. The van der Waals surface area contributed by atoms with Crippen LogP contribution >= 0.6 is 0 Å². The van der Waals surface area contributed by atoms with Crippen LogP contribution < -0.4 is 4.90 Å². The third-order valence-electron chi connectivity index (χ3n) is 4.71. The molecule has 1 aromatic carbocycles.